The Balaban J connectivity index is 1.65. The van der Waals surface area contributed by atoms with Gasteiger partial charge in [-0.05, 0) is 41.0 Å². The van der Waals surface area contributed by atoms with Crippen molar-refractivity contribution >= 4 is 16.8 Å². The lowest BCUT2D eigenvalue weighted by Gasteiger charge is -2.15. The molecule has 3 rings (SSSR count). The van der Waals surface area contributed by atoms with Gasteiger partial charge < -0.3 is 5.32 Å². The third kappa shape index (κ3) is 4.33. The predicted octanol–water partition coefficient (Wildman–Crippen LogP) is 6.22. The van der Waals surface area contributed by atoms with Crippen LogP contribution in [0, 0.1) is 0 Å². The van der Waals surface area contributed by atoms with Crippen LogP contribution in [0.25, 0.3) is 16.8 Å². The molecule has 0 fully saturated rings. The van der Waals surface area contributed by atoms with Crippen molar-refractivity contribution in [3.63, 3.8) is 0 Å². The number of halogens is 3. The van der Waals surface area contributed by atoms with Crippen LogP contribution in [-0.4, -0.2) is 6.54 Å². The predicted molar refractivity (Wildman–Crippen MR) is 101 cm³/mol. The molecule has 0 spiro atoms. The van der Waals surface area contributed by atoms with Gasteiger partial charge in [0.15, 0.2) is 0 Å². The van der Waals surface area contributed by atoms with E-state index in [1.54, 1.807) is 12.1 Å². The van der Waals surface area contributed by atoms with Gasteiger partial charge in [0.25, 0.3) is 0 Å². The summed E-state index contributed by atoms with van der Waals surface area (Å²) in [7, 11) is 0. The normalized spacial score (nSPS) is 13.4. The van der Waals surface area contributed by atoms with Crippen molar-refractivity contribution in [3.8, 4) is 0 Å². The van der Waals surface area contributed by atoms with Crippen molar-refractivity contribution in [2.24, 2.45) is 0 Å². The molecule has 0 aliphatic rings. The summed E-state index contributed by atoms with van der Waals surface area (Å²) in [5.74, 6) is 0. The van der Waals surface area contributed by atoms with Crippen LogP contribution < -0.4 is 5.32 Å². The van der Waals surface area contributed by atoms with E-state index < -0.39 is 11.7 Å². The molecule has 0 aromatic heterocycles. The Bertz CT molecular complexity index is 907. The average Bonchev–Trinajstić information content (AvgIpc) is 2.64. The maximum absolute atomic E-state index is 12.7. The summed E-state index contributed by atoms with van der Waals surface area (Å²) in [4.78, 5) is 0. The quantitative estimate of drug-likeness (QED) is 0.573. The van der Waals surface area contributed by atoms with Gasteiger partial charge in [0.2, 0.25) is 0 Å². The zero-order valence-corrected chi connectivity index (χ0v) is 14.4. The molecule has 1 N–H and O–H groups in total. The summed E-state index contributed by atoms with van der Waals surface area (Å²) >= 11 is 0. The van der Waals surface area contributed by atoms with E-state index in [0.29, 0.717) is 12.1 Å². The first-order valence-electron chi connectivity index (χ1n) is 8.50. The Morgan fingerprint density at radius 1 is 0.962 bits per heavy atom. The topological polar surface area (TPSA) is 12.0 Å². The molecule has 0 saturated carbocycles. The fourth-order valence-electron chi connectivity index (χ4n) is 3.00. The number of benzene rings is 3. The van der Waals surface area contributed by atoms with Gasteiger partial charge in [0.1, 0.15) is 0 Å². The molecular formula is C22H20F3N. The largest absolute Gasteiger partial charge is 0.416 e. The van der Waals surface area contributed by atoms with Crippen molar-refractivity contribution in [2.75, 3.05) is 6.54 Å². The van der Waals surface area contributed by atoms with E-state index in [2.05, 4.69) is 36.5 Å². The fourth-order valence-corrected chi connectivity index (χ4v) is 3.00. The van der Waals surface area contributed by atoms with E-state index >= 15 is 0 Å². The highest BCUT2D eigenvalue weighted by Crippen LogP contribution is 2.29. The van der Waals surface area contributed by atoms with Crippen LogP contribution in [0.2, 0.25) is 0 Å². The lowest BCUT2D eigenvalue weighted by atomic mass is 10.00. The third-order valence-electron chi connectivity index (χ3n) is 4.36. The van der Waals surface area contributed by atoms with Crippen LogP contribution in [0.5, 0.6) is 0 Å². The van der Waals surface area contributed by atoms with Crippen LogP contribution >= 0.6 is 0 Å². The Kier molecular flexibility index (Phi) is 5.43. The molecule has 134 valence electrons. The van der Waals surface area contributed by atoms with Crippen LogP contribution in [0.1, 0.15) is 29.7 Å². The monoisotopic (exact) mass is 355 g/mol. The Morgan fingerprint density at radius 2 is 1.69 bits per heavy atom. The number of alkyl halides is 3. The number of fused-ring (bicyclic) bond motifs is 1. The minimum absolute atomic E-state index is 0.132. The molecule has 0 radical (unpaired) electrons. The Labute approximate surface area is 151 Å². The van der Waals surface area contributed by atoms with Crippen LogP contribution in [0.3, 0.4) is 0 Å². The molecule has 0 saturated heterocycles. The Morgan fingerprint density at radius 3 is 2.50 bits per heavy atom. The van der Waals surface area contributed by atoms with Gasteiger partial charge in [-0.1, -0.05) is 66.7 Å². The maximum Gasteiger partial charge on any atom is 0.416 e. The highest BCUT2D eigenvalue weighted by molar-refractivity contribution is 5.86. The summed E-state index contributed by atoms with van der Waals surface area (Å²) in [5, 5.41) is 5.80. The molecule has 3 aromatic rings. The molecule has 0 bridgehead atoms. The van der Waals surface area contributed by atoms with Gasteiger partial charge >= 0.3 is 6.18 Å². The first-order chi connectivity index (χ1) is 12.4. The molecule has 1 nitrogen and oxygen atoms in total. The number of hydrogen-bond donors (Lipinski definition) is 1. The van der Waals surface area contributed by atoms with Crippen molar-refractivity contribution in [2.45, 2.75) is 19.1 Å². The van der Waals surface area contributed by atoms with Crippen LogP contribution in [0.4, 0.5) is 13.2 Å². The average molecular weight is 355 g/mol. The molecule has 4 heteroatoms. The number of nitrogens with one attached hydrogen (secondary N) is 1. The lowest BCUT2D eigenvalue weighted by Crippen LogP contribution is -2.18. The molecule has 0 aliphatic heterocycles. The maximum atomic E-state index is 12.7. The van der Waals surface area contributed by atoms with E-state index in [-0.39, 0.29) is 6.04 Å². The SMILES string of the molecule is CC(NCC=Cc1cccc(C(F)(F)F)c1)c1cccc2ccccc12. The summed E-state index contributed by atoms with van der Waals surface area (Å²) in [6.45, 7) is 2.65. The van der Waals surface area contributed by atoms with Gasteiger partial charge in [-0.15, -0.1) is 0 Å². The standard InChI is InChI=1S/C22H20F3N/c1-16(20-13-5-10-18-9-2-3-12-21(18)20)26-14-6-8-17-7-4-11-19(15-17)22(23,24)25/h2-13,15-16,26H,14H2,1H3. The summed E-state index contributed by atoms with van der Waals surface area (Å²) in [6, 6.07) is 19.9. The van der Waals surface area contributed by atoms with E-state index in [1.807, 2.05) is 24.3 Å². The molecule has 0 heterocycles. The van der Waals surface area contributed by atoms with Crippen molar-refractivity contribution < 1.29 is 13.2 Å². The lowest BCUT2D eigenvalue weighted by molar-refractivity contribution is -0.137. The molecule has 1 unspecified atom stereocenters. The van der Waals surface area contributed by atoms with Gasteiger partial charge in [-0.3, -0.25) is 0 Å². The second-order valence-electron chi connectivity index (χ2n) is 6.22. The van der Waals surface area contributed by atoms with Gasteiger partial charge in [0, 0.05) is 12.6 Å². The van der Waals surface area contributed by atoms with Crippen LogP contribution in [-0.2, 0) is 6.18 Å². The first kappa shape index (κ1) is 18.2. The van der Waals surface area contributed by atoms with E-state index in [1.165, 1.54) is 22.4 Å². The minimum atomic E-state index is -4.31. The van der Waals surface area contributed by atoms with Crippen molar-refractivity contribution in [1.82, 2.24) is 5.32 Å². The van der Waals surface area contributed by atoms with Gasteiger partial charge in [-0.25, -0.2) is 0 Å². The van der Waals surface area contributed by atoms with Crippen LogP contribution in [0.15, 0.2) is 72.8 Å². The highest BCUT2D eigenvalue weighted by Gasteiger charge is 2.30. The fraction of sp³-hybridized carbons (Fsp3) is 0.182. The van der Waals surface area contributed by atoms with Crippen molar-refractivity contribution in [1.29, 1.82) is 0 Å². The molecule has 3 aromatic carbocycles. The van der Waals surface area contributed by atoms with E-state index in [9.17, 15) is 13.2 Å². The number of rotatable bonds is 5. The van der Waals surface area contributed by atoms with Gasteiger partial charge in [0.05, 0.1) is 5.56 Å². The molecular weight excluding hydrogens is 335 g/mol. The van der Waals surface area contributed by atoms with Gasteiger partial charge in [-0.2, -0.15) is 13.2 Å². The first-order valence-corrected chi connectivity index (χ1v) is 8.50. The zero-order chi connectivity index (χ0) is 18.6. The second kappa shape index (κ2) is 7.75. The molecule has 1 atom stereocenters. The van der Waals surface area contributed by atoms with Crippen molar-refractivity contribution in [3.05, 3.63) is 89.5 Å². The minimum Gasteiger partial charge on any atom is -0.307 e. The summed E-state index contributed by atoms with van der Waals surface area (Å²) in [6.07, 6.45) is -0.764. The smallest absolute Gasteiger partial charge is 0.307 e. The highest BCUT2D eigenvalue weighted by atomic mass is 19.4. The van der Waals surface area contributed by atoms with E-state index in [0.717, 1.165) is 12.1 Å². The second-order valence-corrected chi connectivity index (χ2v) is 6.22. The zero-order valence-electron chi connectivity index (χ0n) is 14.4. The summed E-state index contributed by atoms with van der Waals surface area (Å²) in [5.41, 5.74) is 1.12. The molecule has 26 heavy (non-hydrogen) atoms. The number of hydrogen-bond acceptors (Lipinski definition) is 1. The summed E-state index contributed by atoms with van der Waals surface area (Å²) < 4.78 is 38.2. The third-order valence-corrected chi connectivity index (χ3v) is 4.36. The van der Waals surface area contributed by atoms with E-state index in [4.69, 9.17) is 0 Å². The Hall–Kier alpha value is -2.59. The molecule has 0 aliphatic carbocycles. The molecule has 0 amide bonds.